The molecule has 3 aromatic rings. The number of carbonyl (C=O) groups excluding carboxylic acids is 1. The van der Waals surface area contributed by atoms with Crippen LogP contribution in [0.3, 0.4) is 0 Å². The molecule has 0 N–H and O–H groups in total. The lowest BCUT2D eigenvalue weighted by atomic mass is 10.2. The van der Waals surface area contributed by atoms with E-state index in [0.717, 1.165) is 28.5 Å². The van der Waals surface area contributed by atoms with E-state index in [2.05, 4.69) is 4.98 Å². The molecule has 5 nitrogen and oxygen atoms in total. The molecule has 0 radical (unpaired) electrons. The lowest BCUT2D eigenvalue weighted by Gasteiger charge is -2.16. The molecule has 3 rings (SSSR count). The van der Waals surface area contributed by atoms with E-state index in [9.17, 15) is 4.79 Å². The summed E-state index contributed by atoms with van der Waals surface area (Å²) in [6.45, 7) is 5.17. The van der Waals surface area contributed by atoms with Crippen LogP contribution in [0.4, 0.5) is 0 Å². The first-order valence-corrected chi connectivity index (χ1v) is 10.6. The molecule has 0 atom stereocenters. The van der Waals surface area contributed by atoms with E-state index in [0.29, 0.717) is 18.8 Å². The van der Waals surface area contributed by atoms with Gasteiger partial charge >= 0.3 is 0 Å². The summed E-state index contributed by atoms with van der Waals surface area (Å²) in [6, 6.07) is 17.5. The minimum atomic E-state index is -0.0769. The number of ether oxygens (including phenoxy) is 2. The zero-order valence-electron chi connectivity index (χ0n) is 17.0. The van der Waals surface area contributed by atoms with Crippen molar-refractivity contribution in [3.05, 3.63) is 65.7 Å². The Morgan fingerprint density at radius 3 is 2.48 bits per heavy atom. The monoisotopic (exact) mass is 410 g/mol. The molecular formula is C23H26N2O3S. The summed E-state index contributed by atoms with van der Waals surface area (Å²) in [4.78, 5) is 18.8. The van der Waals surface area contributed by atoms with Gasteiger partial charge in [-0.2, -0.15) is 0 Å². The molecule has 0 bridgehead atoms. The van der Waals surface area contributed by atoms with E-state index in [1.54, 1.807) is 11.9 Å². The maximum atomic E-state index is 12.6. The average Bonchev–Trinajstić information content (AvgIpc) is 3.21. The average molecular weight is 411 g/mol. The summed E-state index contributed by atoms with van der Waals surface area (Å²) >= 11 is 1.47. The number of aromatic nitrogens is 1. The van der Waals surface area contributed by atoms with Gasteiger partial charge in [0.1, 0.15) is 22.2 Å². The third kappa shape index (κ3) is 6.06. The maximum Gasteiger partial charge on any atom is 0.273 e. The minimum absolute atomic E-state index is 0.0769. The Kier molecular flexibility index (Phi) is 7.25. The SMILES string of the molecule is CC(C)Oc1ccc(-c2nc(C(=O)N(C)CCCOc3ccccc3)cs2)cc1. The second-order valence-electron chi connectivity index (χ2n) is 6.97. The summed E-state index contributed by atoms with van der Waals surface area (Å²) in [5, 5.41) is 2.64. The molecule has 0 saturated carbocycles. The second kappa shape index (κ2) is 10.1. The minimum Gasteiger partial charge on any atom is -0.494 e. The molecule has 1 aromatic heterocycles. The van der Waals surface area contributed by atoms with Crippen LogP contribution in [0.25, 0.3) is 10.6 Å². The zero-order valence-corrected chi connectivity index (χ0v) is 17.8. The standard InChI is InChI=1S/C23H26N2O3S/c1-17(2)28-20-12-10-18(11-13-20)22-24-21(16-29-22)23(26)25(3)14-7-15-27-19-8-5-4-6-9-19/h4-6,8-13,16-17H,7,14-15H2,1-3H3. The molecule has 0 aliphatic rings. The molecule has 152 valence electrons. The molecule has 29 heavy (non-hydrogen) atoms. The predicted octanol–water partition coefficient (Wildman–Crippen LogP) is 5.14. The van der Waals surface area contributed by atoms with E-state index in [4.69, 9.17) is 9.47 Å². The van der Waals surface area contributed by atoms with Crippen molar-refractivity contribution in [2.24, 2.45) is 0 Å². The first-order valence-electron chi connectivity index (χ1n) is 9.69. The lowest BCUT2D eigenvalue weighted by Crippen LogP contribution is -2.28. The largest absolute Gasteiger partial charge is 0.494 e. The Bertz CT molecular complexity index is 907. The van der Waals surface area contributed by atoms with E-state index < -0.39 is 0 Å². The molecule has 1 heterocycles. The highest BCUT2D eigenvalue weighted by Gasteiger charge is 2.16. The number of hydrogen-bond donors (Lipinski definition) is 0. The van der Waals surface area contributed by atoms with E-state index in [-0.39, 0.29) is 12.0 Å². The number of hydrogen-bond acceptors (Lipinski definition) is 5. The van der Waals surface area contributed by atoms with Crippen molar-refractivity contribution in [2.45, 2.75) is 26.4 Å². The van der Waals surface area contributed by atoms with Crippen molar-refractivity contribution in [2.75, 3.05) is 20.2 Å². The topological polar surface area (TPSA) is 51.7 Å². The van der Waals surface area contributed by atoms with Gasteiger partial charge < -0.3 is 14.4 Å². The fraction of sp³-hybridized carbons (Fsp3) is 0.304. The second-order valence-corrected chi connectivity index (χ2v) is 7.83. The Hall–Kier alpha value is -2.86. The smallest absolute Gasteiger partial charge is 0.273 e. The number of para-hydroxylation sites is 1. The molecule has 0 unspecified atom stereocenters. The summed E-state index contributed by atoms with van der Waals surface area (Å²) in [5.74, 6) is 1.59. The third-order valence-corrected chi connectivity index (χ3v) is 5.08. The Morgan fingerprint density at radius 2 is 1.79 bits per heavy atom. The van der Waals surface area contributed by atoms with Crippen LogP contribution in [0.15, 0.2) is 60.0 Å². The first kappa shape index (κ1) is 20.9. The molecule has 0 aliphatic carbocycles. The normalized spacial score (nSPS) is 10.8. The van der Waals surface area contributed by atoms with Crippen molar-refractivity contribution in [3.63, 3.8) is 0 Å². The van der Waals surface area contributed by atoms with Gasteiger partial charge in [-0.3, -0.25) is 4.79 Å². The van der Waals surface area contributed by atoms with E-state index >= 15 is 0 Å². The van der Waals surface area contributed by atoms with E-state index in [1.165, 1.54) is 11.3 Å². The van der Waals surface area contributed by atoms with Gasteiger partial charge in [0.15, 0.2) is 0 Å². The summed E-state index contributed by atoms with van der Waals surface area (Å²) in [5.41, 5.74) is 1.45. The van der Waals surface area contributed by atoms with Crippen molar-refractivity contribution in [1.29, 1.82) is 0 Å². The molecule has 6 heteroatoms. The Labute approximate surface area is 175 Å². The maximum absolute atomic E-state index is 12.6. The van der Waals surface area contributed by atoms with Gasteiger partial charge in [-0.15, -0.1) is 11.3 Å². The van der Waals surface area contributed by atoms with Crippen molar-refractivity contribution >= 4 is 17.2 Å². The van der Waals surface area contributed by atoms with Gasteiger partial charge in [-0.1, -0.05) is 18.2 Å². The Morgan fingerprint density at radius 1 is 1.07 bits per heavy atom. The van der Waals surface area contributed by atoms with Gasteiger partial charge in [-0.25, -0.2) is 4.98 Å². The van der Waals surface area contributed by atoms with Crippen LogP contribution in [0.1, 0.15) is 30.8 Å². The quantitative estimate of drug-likeness (QED) is 0.459. The summed E-state index contributed by atoms with van der Waals surface area (Å²) < 4.78 is 11.3. The molecule has 1 amide bonds. The molecule has 0 saturated heterocycles. The lowest BCUT2D eigenvalue weighted by molar-refractivity contribution is 0.0783. The number of amides is 1. The fourth-order valence-corrected chi connectivity index (χ4v) is 3.56. The number of benzene rings is 2. The Balaban J connectivity index is 1.51. The molecule has 0 spiro atoms. The zero-order chi connectivity index (χ0) is 20.6. The first-order chi connectivity index (χ1) is 14.0. The van der Waals surface area contributed by atoms with Crippen LogP contribution in [-0.2, 0) is 0 Å². The number of rotatable bonds is 9. The number of carbonyl (C=O) groups is 1. The molecule has 0 fully saturated rings. The van der Waals surface area contributed by atoms with Gasteiger partial charge in [0.25, 0.3) is 5.91 Å². The van der Waals surface area contributed by atoms with Crippen molar-refractivity contribution in [1.82, 2.24) is 9.88 Å². The van der Waals surface area contributed by atoms with Gasteiger partial charge in [0.2, 0.25) is 0 Å². The predicted molar refractivity (Wildman–Crippen MR) is 117 cm³/mol. The number of thiazole rings is 1. The van der Waals surface area contributed by atoms with Gasteiger partial charge in [0.05, 0.1) is 12.7 Å². The highest BCUT2D eigenvalue weighted by atomic mass is 32.1. The molecule has 2 aromatic carbocycles. The van der Waals surface area contributed by atoms with Crippen LogP contribution in [0.2, 0.25) is 0 Å². The van der Waals surface area contributed by atoms with Crippen LogP contribution in [0.5, 0.6) is 11.5 Å². The third-order valence-electron chi connectivity index (χ3n) is 4.19. The highest BCUT2D eigenvalue weighted by molar-refractivity contribution is 7.13. The molecule has 0 aliphatic heterocycles. The van der Waals surface area contributed by atoms with E-state index in [1.807, 2.05) is 73.8 Å². The molecular weight excluding hydrogens is 384 g/mol. The van der Waals surface area contributed by atoms with Gasteiger partial charge in [0, 0.05) is 24.5 Å². The van der Waals surface area contributed by atoms with Crippen LogP contribution in [-0.4, -0.2) is 42.1 Å². The van der Waals surface area contributed by atoms with Crippen LogP contribution >= 0.6 is 11.3 Å². The fourth-order valence-electron chi connectivity index (χ4n) is 2.76. The van der Waals surface area contributed by atoms with Gasteiger partial charge in [-0.05, 0) is 56.7 Å². The van der Waals surface area contributed by atoms with Crippen molar-refractivity contribution in [3.8, 4) is 22.1 Å². The summed E-state index contributed by atoms with van der Waals surface area (Å²) in [7, 11) is 1.79. The highest BCUT2D eigenvalue weighted by Crippen LogP contribution is 2.26. The van der Waals surface area contributed by atoms with Crippen LogP contribution < -0.4 is 9.47 Å². The van der Waals surface area contributed by atoms with Crippen molar-refractivity contribution < 1.29 is 14.3 Å². The van der Waals surface area contributed by atoms with Crippen LogP contribution in [0, 0.1) is 0 Å². The number of nitrogens with zero attached hydrogens (tertiary/aromatic N) is 2. The summed E-state index contributed by atoms with van der Waals surface area (Å²) in [6.07, 6.45) is 0.893.